The van der Waals surface area contributed by atoms with Crippen LogP contribution in [-0.2, 0) is 11.3 Å². The van der Waals surface area contributed by atoms with Gasteiger partial charge in [0, 0.05) is 59.5 Å². The Morgan fingerprint density at radius 3 is 2.43 bits per heavy atom. The third-order valence-electron chi connectivity index (χ3n) is 6.00. The first kappa shape index (κ1) is 21.5. The molecule has 2 fully saturated rings. The molecule has 1 aromatic rings. The average molecular weight is 392 g/mol. The van der Waals surface area contributed by atoms with Crippen LogP contribution in [0.2, 0.25) is 0 Å². The van der Waals surface area contributed by atoms with Crippen LogP contribution in [0.1, 0.15) is 25.3 Å². The Morgan fingerprint density at radius 2 is 1.75 bits per heavy atom. The summed E-state index contributed by atoms with van der Waals surface area (Å²) in [6.07, 6.45) is 2.17. The van der Waals surface area contributed by atoms with Gasteiger partial charge in [-0.2, -0.15) is 0 Å². The highest BCUT2D eigenvalue weighted by Crippen LogP contribution is 2.19. The van der Waals surface area contributed by atoms with Crippen LogP contribution in [0.25, 0.3) is 0 Å². The van der Waals surface area contributed by atoms with E-state index < -0.39 is 6.10 Å². The van der Waals surface area contributed by atoms with Gasteiger partial charge in [-0.25, -0.2) is 0 Å². The summed E-state index contributed by atoms with van der Waals surface area (Å²) in [6, 6.07) is 8.28. The van der Waals surface area contributed by atoms with E-state index in [1.807, 2.05) is 12.1 Å². The lowest BCUT2D eigenvalue weighted by molar-refractivity contribution is 0.0387. The summed E-state index contributed by atoms with van der Waals surface area (Å²) in [4.78, 5) is 7.25. The quantitative estimate of drug-likeness (QED) is 0.691. The van der Waals surface area contributed by atoms with Gasteiger partial charge in [-0.3, -0.25) is 9.80 Å². The minimum absolute atomic E-state index is 0.344. The van der Waals surface area contributed by atoms with E-state index >= 15 is 0 Å². The SMILES string of the molecule is CCN1CCN(CC(O)COc2cccc(CN3CCC(OC)CC3)c2)CC1. The molecule has 28 heavy (non-hydrogen) atoms. The Hall–Kier alpha value is -1.18. The molecule has 1 aromatic carbocycles. The zero-order valence-corrected chi connectivity index (χ0v) is 17.6. The van der Waals surface area contributed by atoms with Crippen LogP contribution in [-0.4, -0.2) is 98.1 Å². The highest BCUT2D eigenvalue weighted by Gasteiger charge is 2.20. The van der Waals surface area contributed by atoms with Gasteiger partial charge in [-0.1, -0.05) is 19.1 Å². The highest BCUT2D eigenvalue weighted by molar-refractivity contribution is 5.28. The molecule has 0 saturated carbocycles. The average Bonchev–Trinajstić information content (AvgIpc) is 2.74. The second-order valence-corrected chi connectivity index (χ2v) is 8.06. The van der Waals surface area contributed by atoms with Crippen molar-refractivity contribution in [2.45, 2.75) is 38.5 Å². The van der Waals surface area contributed by atoms with Crippen LogP contribution in [0, 0.1) is 0 Å². The number of aliphatic hydroxyl groups excluding tert-OH is 1. The Bertz CT molecular complexity index is 570. The molecule has 2 aliphatic rings. The first-order chi connectivity index (χ1) is 13.7. The number of nitrogens with zero attached hydrogens (tertiary/aromatic N) is 3. The summed E-state index contributed by atoms with van der Waals surface area (Å²) in [5.74, 6) is 0.846. The second-order valence-electron chi connectivity index (χ2n) is 8.06. The topological polar surface area (TPSA) is 48.4 Å². The molecule has 0 amide bonds. The number of rotatable bonds is 9. The van der Waals surface area contributed by atoms with Crippen molar-refractivity contribution in [2.24, 2.45) is 0 Å². The Labute approximate surface area is 170 Å². The van der Waals surface area contributed by atoms with Gasteiger partial charge in [0.2, 0.25) is 0 Å². The van der Waals surface area contributed by atoms with E-state index in [-0.39, 0.29) is 0 Å². The van der Waals surface area contributed by atoms with E-state index in [0.29, 0.717) is 19.3 Å². The van der Waals surface area contributed by atoms with Crippen molar-refractivity contribution >= 4 is 0 Å². The molecule has 1 unspecified atom stereocenters. The predicted molar refractivity (Wildman–Crippen MR) is 112 cm³/mol. The van der Waals surface area contributed by atoms with E-state index in [1.165, 1.54) is 5.56 Å². The normalized spacial score (nSPS) is 21.7. The van der Waals surface area contributed by atoms with Crippen molar-refractivity contribution < 1.29 is 14.6 Å². The standard InChI is InChI=1S/C22H37N3O3/c1-3-23-11-13-25(14-12-23)17-20(26)18-28-22-6-4-5-19(15-22)16-24-9-7-21(27-2)8-10-24/h4-6,15,20-21,26H,3,7-14,16-18H2,1-2H3. The molecule has 6 heteroatoms. The number of likely N-dealkylation sites (N-methyl/N-ethyl adjacent to an activating group) is 1. The number of piperazine rings is 1. The molecule has 2 saturated heterocycles. The second kappa shape index (κ2) is 11.1. The van der Waals surface area contributed by atoms with Crippen LogP contribution in [0.3, 0.4) is 0 Å². The van der Waals surface area contributed by atoms with Gasteiger partial charge < -0.3 is 19.5 Å². The number of methoxy groups -OCH3 is 1. The lowest BCUT2D eigenvalue weighted by Gasteiger charge is -2.34. The number of aliphatic hydroxyl groups is 1. The fraction of sp³-hybridized carbons (Fsp3) is 0.727. The lowest BCUT2D eigenvalue weighted by atomic mass is 10.1. The minimum atomic E-state index is -0.454. The number of ether oxygens (including phenoxy) is 2. The van der Waals surface area contributed by atoms with Gasteiger partial charge in [0.15, 0.2) is 0 Å². The molecule has 0 aromatic heterocycles. The van der Waals surface area contributed by atoms with Crippen LogP contribution >= 0.6 is 0 Å². The maximum Gasteiger partial charge on any atom is 0.119 e. The molecule has 3 rings (SSSR count). The van der Waals surface area contributed by atoms with Crippen LogP contribution in [0.4, 0.5) is 0 Å². The summed E-state index contributed by atoms with van der Waals surface area (Å²) in [6.45, 7) is 11.7. The number of likely N-dealkylation sites (tertiary alicyclic amines) is 1. The number of hydrogen-bond donors (Lipinski definition) is 1. The van der Waals surface area contributed by atoms with Crippen molar-refractivity contribution in [2.75, 3.05) is 66.1 Å². The van der Waals surface area contributed by atoms with E-state index in [2.05, 4.69) is 33.8 Å². The smallest absolute Gasteiger partial charge is 0.119 e. The first-order valence-corrected chi connectivity index (χ1v) is 10.8. The summed E-state index contributed by atoms with van der Waals surface area (Å²) in [5.41, 5.74) is 1.26. The summed E-state index contributed by atoms with van der Waals surface area (Å²) >= 11 is 0. The lowest BCUT2D eigenvalue weighted by Crippen LogP contribution is -2.49. The molecule has 1 N–H and O–H groups in total. The van der Waals surface area contributed by atoms with Crippen molar-refractivity contribution in [3.63, 3.8) is 0 Å². The predicted octanol–water partition coefficient (Wildman–Crippen LogP) is 1.67. The van der Waals surface area contributed by atoms with Crippen LogP contribution < -0.4 is 4.74 Å². The van der Waals surface area contributed by atoms with E-state index in [1.54, 1.807) is 7.11 Å². The third kappa shape index (κ3) is 6.71. The maximum absolute atomic E-state index is 10.4. The molecule has 2 aliphatic heterocycles. The Morgan fingerprint density at radius 1 is 1.04 bits per heavy atom. The third-order valence-corrected chi connectivity index (χ3v) is 6.00. The van der Waals surface area contributed by atoms with Gasteiger partial charge in [-0.15, -0.1) is 0 Å². The molecule has 0 aliphatic carbocycles. The van der Waals surface area contributed by atoms with Crippen molar-refractivity contribution in [3.05, 3.63) is 29.8 Å². The Kier molecular flexibility index (Phi) is 8.55. The molecule has 0 spiro atoms. The van der Waals surface area contributed by atoms with Crippen molar-refractivity contribution in [1.29, 1.82) is 0 Å². The van der Waals surface area contributed by atoms with Gasteiger partial charge in [0.25, 0.3) is 0 Å². The fourth-order valence-corrected chi connectivity index (χ4v) is 4.13. The van der Waals surface area contributed by atoms with Crippen molar-refractivity contribution in [1.82, 2.24) is 14.7 Å². The van der Waals surface area contributed by atoms with E-state index in [4.69, 9.17) is 9.47 Å². The van der Waals surface area contributed by atoms with E-state index in [0.717, 1.165) is 70.9 Å². The largest absolute Gasteiger partial charge is 0.491 e. The molecular formula is C22H37N3O3. The number of β-amino-alcohol motifs (C(OH)–C–C–N with tert-alkyl or cyclic N) is 1. The number of hydrogen-bond acceptors (Lipinski definition) is 6. The molecule has 158 valence electrons. The molecule has 0 radical (unpaired) electrons. The monoisotopic (exact) mass is 391 g/mol. The maximum atomic E-state index is 10.4. The van der Waals surface area contributed by atoms with Gasteiger partial charge >= 0.3 is 0 Å². The summed E-state index contributed by atoms with van der Waals surface area (Å²) in [7, 11) is 1.81. The highest BCUT2D eigenvalue weighted by atomic mass is 16.5. The first-order valence-electron chi connectivity index (χ1n) is 10.8. The Balaban J connectivity index is 1.39. The van der Waals surface area contributed by atoms with Gasteiger partial charge in [0.05, 0.1) is 6.10 Å². The van der Waals surface area contributed by atoms with Crippen LogP contribution in [0.15, 0.2) is 24.3 Å². The molecule has 0 bridgehead atoms. The van der Waals surface area contributed by atoms with E-state index in [9.17, 15) is 5.11 Å². The van der Waals surface area contributed by atoms with Gasteiger partial charge in [0.1, 0.15) is 18.5 Å². The molecule has 6 nitrogen and oxygen atoms in total. The molecule has 1 atom stereocenters. The molecular weight excluding hydrogens is 354 g/mol. The fourth-order valence-electron chi connectivity index (χ4n) is 4.13. The van der Waals surface area contributed by atoms with Gasteiger partial charge in [-0.05, 0) is 37.1 Å². The van der Waals surface area contributed by atoms with Crippen LogP contribution in [0.5, 0.6) is 5.75 Å². The zero-order chi connectivity index (χ0) is 19.8. The number of benzene rings is 1. The number of piperidine rings is 1. The zero-order valence-electron chi connectivity index (χ0n) is 17.6. The summed E-state index contributed by atoms with van der Waals surface area (Å²) in [5, 5.41) is 10.4. The molecule has 2 heterocycles. The summed E-state index contributed by atoms with van der Waals surface area (Å²) < 4.78 is 11.3. The van der Waals surface area contributed by atoms with Crippen molar-refractivity contribution in [3.8, 4) is 5.75 Å². The minimum Gasteiger partial charge on any atom is -0.491 e.